The summed E-state index contributed by atoms with van der Waals surface area (Å²) in [5.74, 6) is 0. The van der Waals surface area contributed by atoms with Crippen molar-refractivity contribution in [2.45, 2.75) is 40.2 Å². The van der Waals surface area contributed by atoms with Gasteiger partial charge < -0.3 is 4.57 Å². The molecule has 1 heterocycles. The molecule has 0 N–H and O–H groups in total. The molecule has 5 nitrogen and oxygen atoms in total. The molecule has 0 aliphatic heterocycles. The van der Waals surface area contributed by atoms with Gasteiger partial charge in [0.25, 0.3) is 11.2 Å². The second kappa shape index (κ2) is 7.43. The van der Waals surface area contributed by atoms with Crippen molar-refractivity contribution in [3.05, 3.63) is 62.1 Å². The Morgan fingerprint density at radius 1 is 1.30 bits per heavy atom. The molecule has 20 heavy (non-hydrogen) atoms. The molecule has 0 unspecified atom stereocenters. The van der Waals surface area contributed by atoms with Crippen LogP contribution in [0.2, 0.25) is 0 Å². The van der Waals surface area contributed by atoms with Crippen molar-refractivity contribution < 1.29 is 4.92 Å². The summed E-state index contributed by atoms with van der Waals surface area (Å²) in [6.45, 7) is 6.48. The SMILES string of the molecule is CC(C)=CCC/C(C)=C/Cn1cc([N+](=O)[O-])ccc1=O. The fourth-order valence-electron chi connectivity index (χ4n) is 1.71. The first kappa shape index (κ1) is 15.9. The van der Waals surface area contributed by atoms with Crippen LogP contribution in [0.1, 0.15) is 33.6 Å². The quantitative estimate of drug-likeness (QED) is 0.454. The highest BCUT2D eigenvalue weighted by Crippen LogP contribution is 2.09. The van der Waals surface area contributed by atoms with E-state index in [0.29, 0.717) is 6.54 Å². The molecule has 5 heteroatoms. The third kappa shape index (κ3) is 5.22. The zero-order valence-corrected chi connectivity index (χ0v) is 12.1. The van der Waals surface area contributed by atoms with E-state index in [-0.39, 0.29) is 11.2 Å². The van der Waals surface area contributed by atoms with Crippen LogP contribution in [-0.4, -0.2) is 9.49 Å². The van der Waals surface area contributed by atoms with Crippen LogP contribution < -0.4 is 5.56 Å². The molecular weight excluding hydrogens is 256 g/mol. The highest BCUT2D eigenvalue weighted by atomic mass is 16.6. The van der Waals surface area contributed by atoms with Gasteiger partial charge in [0.15, 0.2) is 0 Å². The van der Waals surface area contributed by atoms with Gasteiger partial charge in [0.1, 0.15) is 0 Å². The molecule has 1 aromatic rings. The fourth-order valence-corrected chi connectivity index (χ4v) is 1.71. The molecule has 0 bridgehead atoms. The Kier molecular flexibility index (Phi) is 5.90. The van der Waals surface area contributed by atoms with E-state index in [2.05, 4.69) is 19.9 Å². The Bertz CT molecular complexity index is 593. The zero-order valence-electron chi connectivity index (χ0n) is 12.1. The summed E-state index contributed by atoms with van der Waals surface area (Å²) in [6, 6.07) is 2.45. The van der Waals surface area contributed by atoms with Gasteiger partial charge in [-0.25, -0.2) is 0 Å². The number of allylic oxidation sites excluding steroid dienone is 4. The third-order valence-electron chi connectivity index (χ3n) is 2.91. The highest BCUT2D eigenvalue weighted by Gasteiger charge is 2.06. The summed E-state index contributed by atoms with van der Waals surface area (Å²) < 4.78 is 1.35. The maximum Gasteiger partial charge on any atom is 0.285 e. The molecule has 0 fully saturated rings. The molecule has 108 valence electrons. The first-order valence-corrected chi connectivity index (χ1v) is 6.54. The van der Waals surface area contributed by atoms with Gasteiger partial charge in [0, 0.05) is 18.7 Å². The Morgan fingerprint density at radius 3 is 2.60 bits per heavy atom. The second-order valence-corrected chi connectivity index (χ2v) is 5.01. The van der Waals surface area contributed by atoms with Crippen LogP contribution in [0.25, 0.3) is 0 Å². The molecule has 0 aliphatic rings. The van der Waals surface area contributed by atoms with Crippen molar-refractivity contribution in [3.63, 3.8) is 0 Å². The zero-order chi connectivity index (χ0) is 15.1. The minimum atomic E-state index is -0.499. The summed E-state index contributed by atoms with van der Waals surface area (Å²) in [5, 5.41) is 10.7. The summed E-state index contributed by atoms with van der Waals surface area (Å²) >= 11 is 0. The van der Waals surface area contributed by atoms with Crippen LogP contribution in [0.5, 0.6) is 0 Å². The van der Waals surface area contributed by atoms with Crippen molar-refractivity contribution in [1.82, 2.24) is 4.57 Å². The van der Waals surface area contributed by atoms with Gasteiger partial charge in [-0.15, -0.1) is 0 Å². The van der Waals surface area contributed by atoms with Crippen molar-refractivity contribution >= 4 is 5.69 Å². The Balaban J connectivity index is 2.73. The summed E-state index contributed by atoms with van der Waals surface area (Å²) in [6.07, 6.45) is 7.27. The first-order chi connectivity index (χ1) is 9.40. The molecule has 1 aromatic heterocycles. The van der Waals surface area contributed by atoms with E-state index in [1.54, 1.807) is 0 Å². The van der Waals surface area contributed by atoms with Crippen LogP contribution >= 0.6 is 0 Å². The summed E-state index contributed by atoms with van der Waals surface area (Å²) in [5.41, 5.74) is 2.15. The monoisotopic (exact) mass is 276 g/mol. The lowest BCUT2D eigenvalue weighted by molar-refractivity contribution is -0.385. The lowest BCUT2D eigenvalue weighted by Crippen LogP contribution is -2.18. The first-order valence-electron chi connectivity index (χ1n) is 6.54. The average Bonchev–Trinajstić information content (AvgIpc) is 2.37. The Hall–Kier alpha value is -2.17. The van der Waals surface area contributed by atoms with Crippen LogP contribution in [0.15, 0.2) is 46.4 Å². The second-order valence-electron chi connectivity index (χ2n) is 5.01. The van der Waals surface area contributed by atoms with Gasteiger partial charge in [0.05, 0.1) is 11.1 Å². The van der Waals surface area contributed by atoms with E-state index in [0.717, 1.165) is 12.8 Å². The number of aromatic nitrogens is 1. The van der Waals surface area contributed by atoms with E-state index in [1.807, 2.05) is 13.0 Å². The molecule has 0 atom stereocenters. The van der Waals surface area contributed by atoms with Crippen molar-refractivity contribution in [2.75, 3.05) is 0 Å². The normalized spacial score (nSPS) is 11.2. The van der Waals surface area contributed by atoms with Gasteiger partial charge in [0.2, 0.25) is 0 Å². The van der Waals surface area contributed by atoms with Crippen LogP contribution in [-0.2, 0) is 6.54 Å². The predicted octanol–water partition coefficient (Wildman–Crippen LogP) is 3.45. The van der Waals surface area contributed by atoms with E-state index in [9.17, 15) is 14.9 Å². The lowest BCUT2D eigenvalue weighted by atomic mass is 10.1. The summed E-state index contributed by atoms with van der Waals surface area (Å²) in [7, 11) is 0. The van der Waals surface area contributed by atoms with Crippen molar-refractivity contribution in [1.29, 1.82) is 0 Å². The third-order valence-corrected chi connectivity index (χ3v) is 2.91. The van der Waals surface area contributed by atoms with Crippen LogP contribution in [0.3, 0.4) is 0 Å². The van der Waals surface area contributed by atoms with Gasteiger partial charge in [-0.2, -0.15) is 0 Å². The number of nitrogens with zero attached hydrogens (tertiary/aromatic N) is 2. The minimum Gasteiger partial charge on any atom is -0.305 e. The smallest absolute Gasteiger partial charge is 0.285 e. The number of hydrogen-bond donors (Lipinski definition) is 0. The summed E-state index contributed by atoms with van der Waals surface area (Å²) in [4.78, 5) is 21.8. The van der Waals surface area contributed by atoms with Gasteiger partial charge in [-0.1, -0.05) is 23.3 Å². The maximum absolute atomic E-state index is 11.6. The largest absolute Gasteiger partial charge is 0.305 e. The predicted molar refractivity (Wildman–Crippen MR) is 79.8 cm³/mol. The number of rotatable bonds is 6. The van der Waals surface area contributed by atoms with Gasteiger partial charge in [-0.3, -0.25) is 14.9 Å². The Labute approximate surface area is 118 Å². The standard InChI is InChI=1S/C15H20N2O3/c1-12(2)5-4-6-13(3)9-10-16-11-14(17(19)20)7-8-15(16)18/h5,7-9,11H,4,6,10H2,1-3H3/b13-9+. The molecule has 0 saturated heterocycles. The molecular formula is C15H20N2O3. The molecule has 0 amide bonds. The number of pyridine rings is 1. The fraction of sp³-hybridized carbons (Fsp3) is 0.400. The number of hydrogen-bond acceptors (Lipinski definition) is 3. The van der Waals surface area contributed by atoms with Crippen LogP contribution in [0, 0.1) is 10.1 Å². The topological polar surface area (TPSA) is 65.1 Å². The van der Waals surface area contributed by atoms with Gasteiger partial charge in [-0.05, 0) is 33.6 Å². The molecule has 1 rings (SSSR count). The van der Waals surface area contributed by atoms with E-state index >= 15 is 0 Å². The maximum atomic E-state index is 11.6. The van der Waals surface area contributed by atoms with E-state index < -0.39 is 4.92 Å². The number of nitro groups is 1. The minimum absolute atomic E-state index is 0.0693. The molecule has 0 aromatic carbocycles. The Morgan fingerprint density at radius 2 is 2.00 bits per heavy atom. The van der Waals surface area contributed by atoms with Crippen molar-refractivity contribution in [3.8, 4) is 0 Å². The molecule has 0 radical (unpaired) electrons. The molecule has 0 saturated carbocycles. The van der Waals surface area contributed by atoms with Gasteiger partial charge >= 0.3 is 0 Å². The van der Waals surface area contributed by atoms with Crippen molar-refractivity contribution in [2.24, 2.45) is 0 Å². The molecule has 0 aliphatic carbocycles. The molecule has 0 spiro atoms. The lowest BCUT2D eigenvalue weighted by Gasteiger charge is -2.03. The van der Waals surface area contributed by atoms with Crippen LogP contribution in [0.4, 0.5) is 5.69 Å². The van der Waals surface area contributed by atoms with E-state index in [4.69, 9.17) is 0 Å². The average molecular weight is 276 g/mol. The van der Waals surface area contributed by atoms with E-state index in [1.165, 1.54) is 34.0 Å². The highest BCUT2D eigenvalue weighted by molar-refractivity contribution is 5.25.